The fourth-order valence-corrected chi connectivity index (χ4v) is 2.15. The fraction of sp³-hybridized carbons (Fsp3) is 0.0625. The van der Waals surface area contributed by atoms with Crippen LogP contribution in [0.25, 0.3) is 22.8 Å². The largest absolute Gasteiger partial charge is 0.478 e. The van der Waals surface area contributed by atoms with Crippen molar-refractivity contribution in [1.29, 1.82) is 0 Å². The molecule has 128 valence electrons. The van der Waals surface area contributed by atoms with Gasteiger partial charge in [0.15, 0.2) is 0 Å². The average Bonchev–Trinajstić information content (AvgIpc) is 3.03. The maximum absolute atomic E-state index is 12.6. The highest BCUT2D eigenvalue weighted by molar-refractivity contribution is 5.90. The molecule has 0 aliphatic rings. The van der Waals surface area contributed by atoms with Crippen LogP contribution in [0.5, 0.6) is 0 Å². The maximum Gasteiger partial charge on any atom is 0.416 e. The standard InChI is InChI=1S/C16H10F3N3O3/c17-16(18,19)10-4-1-8(2-5-10)13-21-14(25-22-13)11-6-3-9(15(23)24)7-12(11)20/h1-7H,20H2,(H,23,24). The molecule has 0 fully saturated rings. The normalized spacial score (nSPS) is 11.5. The quantitative estimate of drug-likeness (QED) is 0.699. The van der Waals surface area contributed by atoms with E-state index in [-0.39, 0.29) is 23.0 Å². The van der Waals surface area contributed by atoms with Gasteiger partial charge in [0.2, 0.25) is 5.82 Å². The summed E-state index contributed by atoms with van der Waals surface area (Å²) >= 11 is 0. The number of aromatic carboxylic acids is 1. The molecule has 0 bridgehead atoms. The minimum atomic E-state index is -4.43. The van der Waals surface area contributed by atoms with Gasteiger partial charge in [0.1, 0.15) is 0 Å². The number of hydrogen-bond acceptors (Lipinski definition) is 5. The third kappa shape index (κ3) is 3.30. The van der Waals surface area contributed by atoms with Gasteiger partial charge in [0.05, 0.1) is 16.7 Å². The lowest BCUT2D eigenvalue weighted by Gasteiger charge is -2.05. The van der Waals surface area contributed by atoms with Crippen LogP contribution >= 0.6 is 0 Å². The first-order valence-electron chi connectivity index (χ1n) is 6.90. The summed E-state index contributed by atoms with van der Waals surface area (Å²) in [4.78, 5) is 15.0. The van der Waals surface area contributed by atoms with Crippen LogP contribution in [-0.2, 0) is 6.18 Å². The Labute approximate surface area is 138 Å². The average molecular weight is 349 g/mol. The second-order valence-electron chi connectivity index (χ2n) is 5.11. The summed E-state index contributed by atoms with van der Waals surface area (Å²) in [5, 5.41) is 12.6. The van der Waals surface area contributed by atoms with E-state index >= 15 is 0 Å². The lowest BCUT2D eigenvalue weighted by molar-refractivity contribution is -0.137. The summed E-state index contributed by atoms with van der Waals surface area (Å²) in [6.45, 7) is 0. The van der Waals surface area contributed by atoms with E-state index in [1.807, 2.05) is 0 Å². The molecule has 6 nitrogen and oxygen atoms in total. The van der Waals surface area contributed by atoms with Crippen LogP contribution in [0.3, 0.4) is 0 Å². The maximum atomic E-state index is 12.6. The summed E-state index contributed by atoms with van der Waals surface area (Å²) in [6.07, 6.45) is -4.43. The molecule has 0 aliphatic heterocycles. The van der Waals surface area contributed by atoms with E-state index in [4.69, 9.17) is 15.4 Å². The summed E-state index contributed by atoms with van der Waals surface area (Å²) in [7, 11) is 0. The zero-order chi connectivity index (χ0) is 18.2. The number of nitrogens with zero attached hydrogens (tertiary/aromatic N) is 2. The van der Waals surface area contributed by atoms with Gasteiger partial charge in [-0.25, -0.2) is 4.79 Å². The SMILES string of the molecule is Nc1cc(C(=O)O)ccc1-c1nc(-c2ccc(C(F)(F)F)cc2)no1. The molecule has 0 unspecified atom stereocenters. The molecule has 1 aromatic heterocycles. The highest BCUT2D eigenvalue weighted by Crippen LogP contribution is 2.31. The molecule has 3 rings (SSSR count). The van der Waals surface area contributed by atoms with Crippen molar-refractivity contribution >= 4 is 11.7 Å². The van der Waals surface area contributed by atoms with E-state index in [2.05, 4.69) is 10.1 Å². The number of aromatic nitrogens is 2. The molecular weight excluding hydrogens is 339 g/mol. The van der Waals surface area contributed by atoms with Crippen LogP contribution < -0.4 is 5.73 Å². The summed E-state index contributed by atoms with van der Waals surface area (Å²) < 4.78 is 42.8. The summed E-state index contributed by atoms with van der Waals surface area (Å²) in [5.74, 6) is -1.01. The van der Waals surface area contributed by atoms with Crippen LogP contribution in [0.4, 0.5) is 18.9 Å². The Kier molecular flexibility index (Phi) is 3.91. The predicted octanol–water partition coefficient (Wildman–Crippen LogP) is 3.70. The molecule has 25 heavy (non-hydrogen) atoms. The van der Waals surface area contributed by atoms with Crippen molar-refractivity contribution in [2.24, 2.45) is 0 Å². The van der Waals surface area contributed by atoms with Gasteiger partial charge >= 0.3 is 12.1 Å². The number of anilines is 1. The zero-order valence-electron chi connectivity index (χ0n) is 12.4. The number of hydrogen-bond donors (Lipinski definition) is 2. The van der Waals surface area contributed by atoms with Gasteiger partial charge in [-0.1, -0.05) is 17.3 Å². The van der Waals surface area contributed by atoms with Gasteiger partial charge in [-0.15, -0.1) is 0 Å². The van der Waals surface area contributed by atoms with Crippen LogP contribution in [0.1, 0.15) is 15.9 Å². The van der Waals surface area contributed by atoms with Gasteiger partial charge < -0.3 is 15.4 Å². The zero-order valence-corrected chi connectivity index (χ0v) is 12.4. The van der Waals surface area contributed by atoms with Gasteiger partial charge in [-0.3, -0.25) is 0 Å². The predicted molar refractivity (Wildman–Crippen MR) is 81.5 cm³/mol. The Morgan fingerprint density at radius 3 is 2.36 bits per heavy atom. The Hall–Kier alpha value is -3.36. The molecule has 0 atom stereocenters. The summed E-state index contributed by atoms with van der Waals surface area (Å²) in [5.41, 5.74) is 5.80. The molecule has 0 amide bonds. The Bertz CT molecular complexity index is 934. The molecule has 0 saturated heterocycles. The van der Waals surface area contributed by atoms with Crippen molar-refractivity contribution < 1.29 is 27.6 Å². The molecule has 0 aliphatic carbocycles. The number of carboxylic acids is 1. The number of nitrogens with two attached hydrogens (primary N) is 1. The second-order valence-corrected chi connectivity index (χ2v) is 5.11. The van der Waals surface area contributed by atoms with Crippen LogP contribution in [-0.4, -0.2) is 21.2 Å². The molecule has 1 heterocycles. The minimum absolute atomic E-state index is 0.00345. The number of benzene rings is 2. The van der Waals surface area contributed by atoms with E-state index < -0.39 is 17.7 Å². The van der Waals surface area contributed by atoms with Gasteiger partial charge in [0, 0.05) is 11.3 Å². The van der Waals surface area contributed by atoms with Gasteiger partial charge in [-0.2, -0.15) is 18.2 Å². The van der Waals surface area contributed by atoms with Crippen LogP contribution in [0.2, 0.25) is 0 Å². The number of halogens is 3. The van der Waals surface area contributed by atoms with Gasteiger partial charge in [-0.05, 0) is 30.3 Å². The molecule has 0 radical (unpaired) electrons. The van der Waals surface area contributed by atoms with E-state index in [1.165, 1.54) is 30.3 Å². The third-order valence-corrected chi connectivity index (χ3v) is 3.43. The number of alkyl halides is 3. The number of carbonyl (C=O) groups is 1. The molecule has 3 N–H and O–H groups in total. The number of rotatable bonds is 3. The van der Waals surface area contributed by atoms with E-state index in [0.717, 1.165) is 12.1 Å². The minimum Gasteiger partial charge on any atom is -0.478 e. The van der Waals surface area contributed by atoms with E-state index in [0.29, 0.717) is 11.1 Å². The molecule has 3 aromatic rings. The Balaban J connectivity index is 1.91. The lowest BCUT2D eigenvalue weighted by atomic mass is 10.1. The van der Waals surface area contributed by atoms with Crippen molar-refractivity contribution in [3.63, 3.8) is 0 Å². The number of carboxylic acid groups (broad SMARTS) is 1. The summed E-state index contributed by atoms with van der Waals surface area (Å²) in [6, 6.07) is 8.30. The molecule has 0 spiro atoms. The Morgan fingerprint density at radius 1 is 1.12 bits per heavy atom. The fourth-order valence-electron chi connectivity index (χ4n) is 2.15. The van der Waals surface area contributed by atoms with Crippen molar-refractivity contribution in [2.45, 2.75) is 6.18 Å². The lowest BCUT2D eigenvalue weighted by Crippen LogP contribution is -2.04. The van der Waals surface area contributed by atoms with Crippen molar-refractivity contribution in [2.75, 3.05) is 5.73 Å². The second kappa shape index (κ2) is 5.93. The first kappa shape index (κ1) is 16.5. The first-order chi connectivity index (χ1) is 11.8. The van der Waals surface area contributed by atoms with Crippen LogP contribution in [0.15, 0.2) is 47.0 Å². The van der Waals surface area contributed by atoms with E-state index in [9.17, 15) is 18.0 Å². The molecular formula is C16H10F3N3O3. The topological polar surface area (TPSA) is 102 Å². The highest BCUT2D eigenvalue weighted by atomic mass is 19.4. The van der Waals surface area contributed by atoms with Crippen molar-refractivity contribution in [1.82, 2.24) is 10.1 Å². The van der Waals surface area contributed by atoms with Gasteiger partial charge in [0.25, 0.3) is 5.89 Å². The van der Waals surface area contributed by atoms with Crippen LogP contribution in [0, 0.1) is 0 Å². The molecule has 2 aromatic carbocycles. The smallest absolute Gasteiger partial charge is 0.416 e. The number of nitrogen functional groups attached to an aromatic ring is 1. The molecule has 9 heteroatoms. The van der Waals surface area contributed by atoms with Crippen molar-refractivity contribution in [3.05, 3.63) is 53.6 Å². The molecule has 0 saturated carbocycles. The Morgan fingerprint density at radius 2 is 1.80 bits per heavy atom. The van der Waals surface area contributed by atoms with Crippen molar-refractivity contribution in [3.8, 4) is 22.8 Å². The third-order valence-electron chi connectivity index (χ3n) is 3.43. The van der Waals surface area contributed by atoms with E-state index in [1.54, 1.807) is 0 Å². The monoisotopic (exact) mass is 349 g/mol. The first-order valence-corrected chi connectivity index (χ1v) is 6.90. The highest BCUT2D eigenvalue weighted by Gasteiger charge is 2.30.